The van der Waals surface area contributed by atoms with Crippen LogP contribution in [0.5, 0.6) is 0 Å². The van der Waals surface area contributed by atoms with Gasteiger partial charge in [-0.3, -0.25) is 4.79 Å². The monoisotopic (exact) mass is 215 g/mol. The van der Waals surface area contributed by atoms with E-state index in [0.29, 0.717) is 6.54 Å². The summed E-state index contributed by atoms with van der Waals surface area (Å²) in [6, 6.07) is 0. The van der Waals surface area contributed by atoms with Crippen LogP contribution in [-0.2, 0) is 4.79 Å². The molecule has 4 nitrogen and oxygen atoms in total. The van der Waals surface area contributed by atoms with E-state index >= 15 is 0 Å². The normalized spacial score (nSPS) is 11.5. The zero-order chi connectivity index (χ0) is 11.7. The third kappa shape index (κ3) is 11.3. The lowest BCUT2D eigenvalue weighted by Gasteiger charge is -2.20. The third-order valence-electron chi connectivity index (χ3n) is 1.87. The van der Waals surface area contributed by atoms with Gasteiger partial charge in [0.2, 0.25) is 5.91 Å². The smallest absolute Gasteiger partial charge is 0.233 e. The van der Waals surface area contributed by atoms with E-state index in [1.54, 1.807) is 0 Å². The fourth-order valence-corrected chi connectivity index (χ4v) is 1.08. The minimum Gasteiger partial charge on any atom is -0.355 e. The van der Waals surface area contributed by atoms with E-state index in [4.69, 9.17) is 0 Å². The van der Waals surface area contributed by atoms with Crippen molar-refractivity contribution >= 4 is 5.91 Å². The maximum absolute atomic E-state index is 11.2. The Morgan fingerprint density at radius 3 is 2.40 bits per heavy atom. The molecule has 0 saturated heterocycles. The third-order valence-corrected chi connectivity index (χ3v) is 1.87. The van der Waals surface area contributed by atoms with E-state index < -0.39 is 0 Å². The molecule has 4 heteroatoms. The number of hydrogen-bond acceptors (Lipinski definition) is 3. The van der Waals surface area contributed by atoms with E-state index in [0.717, 1.165) is 26.1 Å². The average Bonchev–Trinajstić information content (AvgIpc) is 2.12. The highest BCUT2D eigenvalue weighted by Crippen LogP contribution is 1.97. The van der Waals surface area contributed by atoms with Crippen LogP contribution in [0.4, 0.5) is 0 Å². The summed E-state index contributed by atoms with van der Waals surface area (Å²) in [7, 11) is 0. The molecule has 0 radical (unpaired) electrons. The summed E-state index contributed by atoms with van der Waals surface area (Å²) in [5, 5.41) is 9.22. The van der Waals surface area contributed by atoms with Gasteiger partial charge in [-0.25, -0.2) is 0 Å². The van der Waals surface area contributed by atoms with Crippen LogP contribution < -0.4 is 16.0 Å². The molecule has 0 aromatic heterocycles. The Bertz CT molecular complexity index is 175. The lowest BCUT2D eigenvalue weighted by molar-refractivity contribution is -0.120. The van der Waals surface area contributed by atoms with Crippen molar-refractivity contribution in [2.24, 2.45) is 0 Å². The Balaban J connectivity index is 3.27. The van der Waals surface area contributed by atoms with Gasteiger partial charge in [0.1, 0.15) is 0 Å². The molecule has 0 unspecified atom stereocenters. The molecule has 0 aliphatic rings. The molecule has 0 rings (SSSR count). The molecule has 90 valence electrons. The molecule has 0 aliphatic carbocycles. The Morgan fingerprint density at radius 2 is 1.87 bits per heavy atom. The van der Waals surface area contributed by atoms with Gasteiger partial charge in [0.15, 0.2) is 0 Å². The lowest BCUT2D eigenvalue weighted by Crippen LogP contribution is -2.39. The second-order valence-corrected chi connectivity index (χ2v) is 4.66. The lowest BCUT2D eigenvalue weighted by atomic mass is 10.1. The first-order valence-electron chi connectivity index (χ1n) is 5.68. The molecule has 0 spiro atoms. The summed E-state index contributed by atoms with van der Waals surface area (Å²) in [6.45, 7) is 11.3. The summed E-state index contributed by atoms with van der Waals surface area (Å²) in [6.07, 6.45) is 0.967. The number of hydrogen-bond donors (Lipinski definition) is 3. The van der Waals surface area contributed by atoms with E-state index in [1.165, 1.54) is 0 Å². The van der Waals surface area contributed by atoms with Gasteiger partial charge in [-0.15, -0.1) is 0 Å². The fourth-order valence-electron chi connectivity index (χ4n) is 1.08. The van der Waals surface area contributed by atoms with Gasteiger partial charge in [-0.2, -0.15) is 0 Å². The standard InChI is InChI=1S/C11H25N3O/c1-5-12-9-10(15)13-7-6-8-14-11(2,3)4/h12,14H,5-9H2,1-4H3,(H,13,15). The predicted octanol–water partition coefficient (Wildman–Crippen LogP) is 0.490. The second kappa shape index (κ2) is 7.65. The van der Waals surface area contributed by atoms with Gasteiger partial charge in [0.25, 0.3) is 0 Å². The van der Waals surface area contributed by atoms with Crippen LogP contribution in [0.25, 0.3) is 0 Å². The van der Waals surface area contributed by atoms with Crippen LogP contribution >= 0.6 is 0 Å². The van der Waals surface area contributed by atoms with Crippen LogP contribution in [0.3, 0.4) is 0 Å². The summed E-state index contributed by atoms with van der Waals surface area (Å²) in [5.41, 5.74) is 0.160. The van der Waals surface area contributed by atoms with Crippen LogP contribution in [0.15, 0.2) is 0 Å². The maximum Gasteiger partial charge on any atom is 0.233 e. The fraction of sp³-hybridized carbons (Fsp3) is 0.909. The molecule has 0 bridgehead atoms. The SMILES string of the molecule is CCNCC(=O)NCCCNC(C)(C)C. The first kappa shape index (κ1) is 14.4. The highest BCUT2D eigenvalue weighted by Gasteiger charge is 2.07. The first-order valence-corrected chi connectivity index (χ1v) is 5.68. The molecular weight excluding hydrogens is 190 g/mol. The van der Waals surface area contributed by atoms with Crippen molar-refractivity contribution < 1.29 is 4.79 Å². The minimum absolute atomic E-state index is 0.0765. The highest BCUT2D eigenvalue weighted by molar-refractivity contribution is 5.77. The summed E-state index contributed by atoms with van der Waals surface area (Å²) < 4.78 is 0. The number of carbonyl (C=O) groups is 1. The summed E-state index contributed by atoms with van der Waals surface area (Å²) >= 11 is 0. The number of nitrogens with one attached hydrogen (secondary N) is 3. The molecule has 1 amide bonds. The van der Waals surface area contributed by atoms with Gasteiger partial charge in [-0.1, -0.05) is 6.92 Å². The van der Waals surface area contributed by atoms with E-state index in [2.05, 4.69) is 36.7 Å². The van der Waals surface area contributed by atoms with Crippen LogP contribution in [0.1, 0.15) is 34.1 Å². The number of carbonyl (C=O) groups excluding carboxylic acids is 1. The highest BCUT2D eigenvalue weighted by atomic mass is 16.1. The molecule has 0 aromatic rings. The summed E-state index contributed by atoms with van der Waals surface area (Å²) in [5.74, 6) is 0.0765. The quantitative estimate of drug-likeness (QED) is 0.542. The van der Waals surface area contributed by atoms with Gasteiger partial charge < -0.3 is 16.0 Å². The van der Waals surface area contributed by atoms with Crippen molar-refractivity contribution in [1.29, 1.82) is 0 Å². The van der Waals surface area contributed by atoms with Crippen molar-refractivity contribution in [1.82, 2.24) is 16.0 Å². The Hall–Kier alpha value is -0.610. The van der Waals surface area contributed by atoms with Gasteiger partial charge in [0.05, 0.1) is 6.54 Å². The molecule has 0 atom stereocenters. The van der Waals surface area contributed by atoms with Crippen molar-refractivity contribution in [3.05, 3.63) is 0 Å². The summed E-state index contributed by atoms with van der Waals surface area (Å²) in [4.78, 5) is 11.2. The molecule has 0 aliphatic heterocycles. The zero-order valence-electron chi connectivity index (χ0n) is 10.4. The minimum atomic E-state index is 0.0765. The number of amides is 1. The second-order valence-electron chi connectivity index (χ2n) is 4.66. The molecule has 0 fully saturated rings. The van der Waals surface area contributed by atoms with Gasteiger partial charge in [-0.05, 0) is 40.3 Å². The van der Waals surface area contributed by atoms with Crippen LogP contribution in [0.2, 0.25) is 0 Å². The first-order chi connectivity index (χ1) is 6.95. The Labute approximate surface area is 93.2 Å². The molecular formula is C11H25N3O. The van der Waals surface area contributed by atoms with Gasteiger partial charge >= 0.3 is 0 Å². The van der Waals surface area contributed by atoms with Crippen molar-refractivity contribution in [3.8, 4) is 0 Å². The Kier molecular flexibility index (Phi) is 7.34. The molecule has 15 heavy (non-hydrogen) atoms. The Morgan fingerprint density at radius 1 is 1.20 bits per heavy atom. The van der Waals surface area contributed by atoms with E-state index in [1.807, 2.05) is 6.92 Å². The molecule has 0 saturated carbocycles. The molecule has 0 aromatic carbocycles. The number of likely N-dealkylation sites (N-methyl/N-ethyl adjacent to an activating group) is 1. The zero-order valence-corrected chi connectivity index (χ0v) is 10.4. The van der Waals surface area contributed by atoms with Crippen molar-refractivity contribution in [2.75, 3.05) is 26.2 Å². The predicted molar refractivity (Wildman–Crippen MR) is 63.9 cm³/mol. The molecule has 0 heterocycles. The van der Waals surface area contributed by atoms with Crippen LogP contribution in [0, 0.1) is 0 Å². The molecule has 3 N–H and O–H groups in total. The van der Waals surface area contributed by atoms with Crippen molar-refractivity contribution in [2.45, 2.75) is 39.7 Å². The maximum atomic E-state index is 11.2. The van der Waals surface area contributed by atoms with Crippen molar-refractivity contribution in [3.63, 3.8) is 0 Å². The van der Waals surface area contributed by atoms with E-state index in [-0.39, 0.29) is 11.4 Å². The van der Waals surface area contributed by atoms with Crippen LogP contribution in [-0.4, -0.2) is 37.6 Å². The topological polar surface area (TPSA) is 53.2 Å². The van der Waals surface area contributed by atoms with Gasteiger partial charge in [0, 0.05) is 12.1 Å². The average molecular weight is 215 g/mol. The van der Waals surface area contributed by atoms with E-state index in [9.17, 15) is 4.79 Å². The number of rotatable bonds is 7. The largest absolute Gasteiger partial charge is 0.355 e.